The Hall–Kier alpha value is -1.85. The van der Waals surface area contributed by atoms with Gasteiger partial charge in [0.2, 0.25) is 5.91 Å². The summed E-state index contributed by atoms with van der Waals surface area (Å²) in [5.41, 5.74) is 7.78. The van der Waals surface area contributed by atoms with E-state index >= 15 is 0 Å². The van der Waals surface area contributed by atoms with Gasteiger partial charge in [-0.3, -0.25) is 9.69 Å². The average molecular weight is 273 g/mol. The van der Waals surface area contributed by atoms with Crippen LogP contribution in [0.1, 0.15) is 5.69 Å². The summed E-state index contributed by atoms with van der Waals surface area (Å²) in [5.74, 6) is -0.383. The van der Waals surface area contributed by atoms with Crippen LogP contribution in [0.3, 0.4) is 0 Å². The number of hydrogen-bond acceptors (Lipinski definition) is 3. The van der Waals surface area contributed by atoms with Gasteiger partial charge in [-0.2, -0.15) is 0 Å². The number of nitrogens with two attached hydrogens (primary N) is 1. The van der Waals surface area contributed by atoms with Crippen molar-refractivity contribution in [1.29, 1.82) is 0 Å². The van der Waals surface area contributed by atoms with E-state index in [2.05, 4.69) is 34.7 Å². The molecule has 1 fully saturated rings. The fourth-order valence-electron chi connectivity index (χ4n) is 2.75. The van der Waals surface area contributed by atoms with Gasteiger partial charge >= 0.3 is 0 Å². The second kappa shape index (κ2) is 5.26. The molecule has 5 nitrogen and oxygen atoms in total. The molecule has 3 rings (SSSR count). The molecule has 1 aromatic heterocycles. The summed E-state index contributed by atoms with van der Waals surface area (Å²) in [6, 6.07) is 10.5. The van der Waals surface area contributed by atoms with Gasteiger partial charge in [-0.1, -0.05) is 18.2 Å². The van der Waals surface area contributed by atoms with Crippen LogP contribution in [0.15, 0.2) is 30.3 Å². The number of aryl methyl sites for hydroxylation is 1. The quantitative estimate of drug-likeness (QED) is 0.902. The molecule has 1 saturated heterocycles. The van der Waals surface area contributed by atoms with Gasteiger partial charge in [-0.15, -0.1) is 0 Å². The molecule has 1 amide bonds. The van der Waals surface area contributed by atoms with Gasteiger partial charge < -0.3 is 15.0 Å². The number of hydrogen-bond donors (Lipinski definition) is 1. The minimum atomic E-state index is -0.488. The van der Waals surface area contributed by atoms with Crippen LogP contribution in [0.4, 0.5) is 0 Å². The first-order valence-corrected chi connectivity index (χ1v) is 6.82. The molecule has 2 N–H and O–H groups in total. The van der Waals surface area contributed by atoms with Crippen LogP contribution in [-0.4, -0.2) is 41.2 Å². The van der Waals surface area contributed by atoms with E-state index in [1.807, 2.05) is 12.1 Å². The highest BCUT2D eigenvalue weighted by Crippen LogP contribution is 2.20. The highest BCUT2D eigenvalue weighted by atomic mass is 16.5. The zero-order valence-corrected chi connectivity index (χ0v) is 11.6. The molecule has 0 bridgehead atoms. The van der Waals surface area contributed by atoms with Crippen molar-refractivity contribution in [3.63, 3.8) is 0 Å². The molecule has 0 aliphatic carbocycles. The van der Waals surface area contributed by atoms with Crippen molar-refractivity contribution in [3.8, 4) is 0 Å². The smallest absolute Gasteiger partial charge is 0.247 e. The first kappa shape index (κ1) is 13.1. The first-order valence-electron chi connectivity index (χ1n) is 6.82. The Bertz CT molecular complexity index is 635. The van der Waals surface area contributed by atoms with E-state index in [0.29, 0.717) is 13.2 Å². The fourth-order valence-corrected chi connectivity index (χ4v) is 2.75. The molecule has 20 heavy (non-hydrogen) atoms. The van der Waals surface area contributed by atoms with Gasteiger partial charge in [0.05, 0.1) is 6.61 Å². The van der Waals surface area contributed by atoms with Crippen molar-refractivity contribution >= 4 is 16.8 Å². The molecular weight excluding hydrogens is 254 g/mol. The van der Waals surface area contributed by atoms with E-state index in [9.17, 15) is 4.79 Å². The number of carbonyl (C=O) groups excluding carboxylic acids is 1. The van der Waals surface area contributed by atoms with E-state index in [0.717, 1.165) is 13.1 Å². The third-order valence-corrected chi connectivity index (χ3v) is 3.90. The zero-order chi connectivity index (χ0) is 14.1. The molecule has 1 aromatic carbocycles. The number of fused-ring (bicyclic) bond motifs is 1. The molecule has 0 spiro atoms. The first-order chi connectivity index (χ1) is 9.65. The lowest BCUT2D eigenvalue weighted by Crippen LogP contribution is -2.48. The number of aromatic nitrogens is 1. The Kier molecular flexibility index (Phi) is 3.46. The summed E-state index contributed by atoms with van der Waals surface area (Å²) in [5, 5.41) is 1.24. The highest BCUT2D eigenvalue weighted by Gasteiger charge is 2.25. The van der Waals surface area contributed by atoms with Crippen LogP contribution in [-0.2, 0) is 23.1 Å². The van der Waals surface area contributed by atoms with Gasteiger partial charge in [0.15, 0.2) is 0 Å². The number of nitrogens with zero attached hydrogens (tertiary/aromatic N) is 2. The van der Waals surface area contributed by atoms with Gasteiger partial charge in [0.1, 0.15) is 6.10 Å². The van der Waals surface area contributed by atoms with Gasteiger partial charge in [0.25, 0.3) is 0 Å². The third kappa shape index (κ3) is 2.42. The predicted molar refractivity (Wildman–Crippen MR) is 77.1 cm³/mol. The fraction of sp³-hybridized carbons (Fsp3) is 0.400. The van der Waals surface area contributed by atoms with Crippen molar-refractivity contribution in [2.45, 2.75) is 12.6 Å². The number of carbonyl (C=O) groups is 1. The standard InChI is InChI=1S/C15H19N3O2/c1-17-12(8-11-4-2-3-5-13(11)17)9-18-6-7-20-14(10-18)15(16)19/h2-5,8,14H,6-7,9-10H2,1H3,(H2,16,19)/t14-/m1/s1. The van der Waals surface area contributed by atoms with E-state index in [-0.39, 0.29) is 5.91 Å². The summed E-state index contributed by atoms with van der Waals surface area (Å²) in [7, 11) is 2.07. The van der Waals surface area contributed by atoms with Crippen LogP contribution in [0.2, 0.25) is 0 Å². The molecule has 0 radical (unpaired) electrons. The van der Waals surface area contributed by atoms with Gasteiger partial charge in [-0.05, 0) is 17.5 Å². The zero-order valence-electron chi connectivity index (χ0n) is 11.6. The molecule has 106 valence electrons. The normalized spacial score (nSPS) is 20.4. The van der Waals surface area contributed by atoms with Crippen molar-refractivity contribution < 1.29 is 9.53 Å². The number of primary amides is 1. The maximum absolute atomic E-state index is 11.2. The molecule has 0 unspecified atom stereocenters. The summed E-state index contributed by atoms with van der Waals surface area (Å²) in [4.78, 5) is 13.4. The van der Waals surface area contributed by atoms with Crippen LogP contribution in [0.25, 0.3) is 10.9 Å². The maximum atomic E-state index is 11.2. The van der Waals surface area contributed by atoms with Gasteiger partial charge in [-0.25, -0.2) is 0 Å². The summed E-state index contributed by atoms with van der Waals surface area (Å²) < 4.78 is 7.57. The molecule has 5 heteroatoms. The molecule has 2 heterocycles. The number of rotatable bonds is 3. The SMILES string of the molecule is Cn1c(CN2CCO[C@@H](C(N)=O)C2)cc2ccccc21. The highest BCUT2D eigenvalue weighted by molar-refractivity contribution is 5.81. The number of amides is 1. The number of ether oxygens (including phenoxy) is 1. The topological polar surface area (TPSA) is 60.5 Å². The second-order valence-electron chi connectivity index (χ2n) is 5.25. The molecule has 2 aromatic rings. The van der Waals surface area contributed by atoms with Crippen LogP contribution in [0.5, 0.6) is 0 Å². The number of benzene rings is 1. The largest absolute Gasteiger partial charge is 0.367 e. The Balaban J connectivity index is 1.79. The Morgan fingerprint density at radius 2 is 2.25 bits per heavy atom. The lowest BCUT2D eigenvalue weighted by atomic mass is 10.2. The lowest BCUT2D eigenvalue weighted by Gasteiger charge is -2.31. The molecule has 1 aliphatic heterocycles. The average Bonchev–Trinajstić information content (AvgIpc) is 2.76. The van der Waals surface area contributed by atoms with Crippen molar-refractivity contribution in [2.24, 2.45) is 12.8 Å². The summed E-state index contributed by atoms with van der Waals surface area (Å²) >= 11 is 0. The van der Waals surface area contributed by atoms with E-state index in [1.54, 1.807) is 0 Å². The predicted octanol–water partition coefficient (Wildman–Crippen LogP) is 0.864. The van der Waals surface area contributed by atoms with Crippen LogP contribution < -0.4 is 5.73 Å². The number of para-hydroxylation sites is 1. The second-order valence-corrected chi connectivity index (χ2v) is 5.25. The van der Waals surface area contributed by atoms with Gasteiger partial charge in [0, 0.05) is 37.9 Å². The van der Waals surface area contributed by atoms with Crippen molar-refractivity contribution in [1.82, 2.24) is 9.47 Å². The minimum Gasteiger partial charge on any atom is -0.367 e. The monoisotopic (exact) mass is 273 g/mol. The Labute approximate surface area is 117 Å². The van der Waals surface area contributed by atoms with Crippen molar-refractivity contribution in [3.05, 3.63) is 36.0 Å². The maximum Gasteiger partial charge on any atom is 0.247 e. The van der Waals surface area contributed by atoms with Crippen LogP contribution >= 0.6 is 0 Å². The molecular formula is C15H19N3O2. The van der Waals surface area contributed by atoms with E-state index in [4.69, 9.17) is 10.5 Å². The third-order valence-electron chi connectivity index (χ3n) is 3.90. The molecule has 0 saturated carbocycles. The lowest BCUT2D eigenvalue weighted by molar-refractivity contribution is -0.135. The summed E-state index contributed by atoms with van der Waals surface area (Å²) in [6.07, 6.45) is -0.488. The number of morpholine rings is 1. The Morgan fingerprint density at radius 3 is 3.00 bits per heavy atom. The minimum absolute atomic E-state index is 0.383. The van der Waals surface area contributed by atoms with Crippen LogP contribution in [0, 0.1) is 0 Å². The molecule has 1 atom stereocenters. The van der Waals surface area contributed by atoms with E-state index in [1.165, 1.54) is 16.6 Å². The molecule has 1 aliphatic rings. The van der Waals surface area contributed by atoms with Crippen molar-refractivity contribution in [2.75, 3.05) is 19.7 Å². The van der Waals surface area contributed by atoms with E-state index < -0.39 is 6.10 Å². The summed E-state index contributed by atoms with van der Waals surface area (Å²) in [6.45, 7) is 2.75. The Morgan fingerprint density at radius 1 is 1.45 bits per heavy atom.